The number of benzene rings is 1. The van der Waals surface area contributed by atoms with Gasteiger partial charge in [0, 0.05) is 37.0 Å². The van der Waals surface area contributed by atoms with E-state index in [0.717, 1.165) is 42.9 Å². The lowest BCUT2D eigenvalue weighted by Crippen LogP contribution is -2.68. The van der Waals surface area contributed by atoms with Gasteiger partial charge in [-0.2, -0.15) is 15.5 Å². The summed E-state index contributed by atoms with van der Waals surface area (Å²) in [6.45, 7) is 0.763. The van der Waals surface area contributed by atoms with E-state index in [1.165, 1.54) is 11.1 Å². The van der Waals surface area contributed by atoms with Crippen LogP contribution in [0.15, 0.2) is 48.0 Å². The Balaban J connectivity index is 1.16. The third-order valence-electron chi connectivity index (χ3n) is 6.92. The molecule has 8 heteroatoms. The van der Waals surface area contributed by atoms with Gasteiger partial charge in [-0.05, 0) is 54.5 Å². The van der Waals surface area contributed by atoms with E-state index in [1.807, 2.05) is 23.0 Å². The van der Waals surface area contributed by atoms with Crippen molar-refractivity contribution in [3.8, 4) is 6.07 Å². The van der Waals surface area contributed by atoms with Gasteiger partial charge in [-0.3, -0.25) is 14.5 Å². The third-order valence-corrected chi connectivity index (χ3v) is 6.92. The van der Waals surface area contributed by atoms with Crippen LogP contribution in [0.3, 0.4) is 0 Å². The Morgan fingerprint density at radius 1 is 1.26 bits per heavy atom. The van der Waals surface area contributed by atoms with Crippen molar-refractivity contribution < 1.29 is 9.18 Å². The molecule has 0 spiro atoms. The van der Waals surface area contributed by atoms with E-state index in [4.69, 9.17) is 5.26 Å². The number of pyridine rings is 1. The Morgan fingerprint density at radius 3 is 2.87 bits per heavy atom. The Kier molecular flexibility index (Phi) is 3.64. The summed E-state index contributed by atoms with van der Waals surface area (Å²) in [5.41, 5.74) is 1.90. The predicted octanol–water partition coefficient (Wildman–Crippen LogP) is 3.57. The molecular weight excluding hydrogens is 395 g/mol. The zero-order chi connectivity index (χ0) is 21.2. The van der Waals surface area contributed by atoms with Gasteiger partial charge < -0.3 is 0 Å². The minimum atomic E-state index is -0.408. The molecule has 3 fully saturated rings. The number of hydrogen-bond donors (Lipinski definition) is 0. The lowest BCUT2D eigenvalue weighted by atomic mass is 9.34. The fourth-order valence-electron chi connectivity index (χ4n) is 5.70. The Morgan fingerprint density at radius 2 is 2.10 bits per heavy atom. The van der Waals surface area contributed by atoms with Gasteiger partial charge in [0.2, 0.25) is 5.91 Å². The summed E-state index contributed by atoms with van der Waals surface area (Å²) in [4.78, 5) is 17.2. The van der Waals surface area contributed by atoms with Gasteiger partial charge >= 0.3 is 0 Å². The highest BCUT2D eigenvalue weighted by atomic mass is 19.1. The molecule has 0 saturated heterocycles. The highest BCUT2D eigenvalue weighted by molar-refractivity contribution is 5.88. The topological polar surface area (TPSA) is 87.2 Å². The second-order valence-electron chi connectivity index (χ2n) is 9.16. The van der Waals surface area contributed by atoms with Crippen LogP contribution in [0.25, 0.3) is 10.9 Å². The van der Waals surface area contributed by atoms with Crippen molar-refractivity contribution in [2.24, 2.45) is 15.9 Å². The summed E-state index contributed by atoms with van der Waals surface area (Å²) in [5, 5.41) is 20.5. The molecule has 3 aliphatic carbocycles. The van der Waals surface area contributed by atoms with Crippen LogP contribution in [0.1, 0.15) is 42.9 Å². The lowest BCUT2D eigenvalue weighted by molar-refractivity contribution is -0.223. The van der Waals surface area contributed by atoms with Gasteiger partial charge in [-0.25, -0.2) is 9.40 Å². The fraction of sp³-hybridized carbons (Fsp3) is 0.348. The van der Waals surface area contributed by atoms with Crippen LogP contribution in [0.2, 0.25) is 0 Å². The van der Waals surface area contributed by atoms with Crippen LogP contribution >= 0.6 is 0 Å². The fourth-order valence-corrected chi connectivity index (χ4v) is 5.70. The number of halogens is 1. The van der Waals surface area contributed by atoms with Gasteiger partial charge in [0.05, 0.1) is 34.8 Å². The highest BCUT2D eigenvalue weighted by Crippen LogP contribution is 2.74. The van der Waals surface area contributed by atoms with Crippen molar-refractivity contribution in [3.05, 3.63) is 59.8 Å². The molecule has 4 aliphatic rings. The van der Waals surface area contributed by atoms with E-state index in [2.05, 4.69) is 21.3 Å². The molecule has 1 unspecified atom stereocenters. The van der Waals surface area contributed by atoms with E-state index in [0.29, 0.717) is 17.5 Å². The molecule has 31 heavy (non-hydrogen) atoms. The molecule has 1 atom stereocenters. The number of rotatable bonds is 4. The maximum Gasteiger partial charge on any atom is 0.249 e. The van der Waals surface area contributed by atoms with Gasteiger partial charge in [-0.1, -0.05) is 0 Å². The van der Waals surface area contributed by atoms with E-state index < -0.39 is 5.82 Å². The molecular formula is C23H19FN6O. The molecule has 3 heterocycles. The van der Waals surface area contributed by atoms with Crippen molar-refractivity contribution in [2.45, 2.75) is 38.3 Å². The highest BCUT2D eigenvalue weighted by Gasteiger charge is 2.72. The second-order valence-corrected chi connectivity index (χ2v) is 9.16. The molecule has 3 aromatic rings. The average molecular weight is 414 g/mol. The summed E-state index contributed by atoms with van der Waals surface area (Å²) >= 11 is 0. The summed E-state index contributed by atoms with van der Waals surface area (Å²) in [6, 6.07) is 8.78. The van der Waals surface area contributed by atoms with Gasteiger partial charge in [-0.15, -0.1) is 0 Å². The average Bonchev–Trinajstić information content (AvgIpc) is 3.35. The maximum atomic E-state index is 13.6. The van der Waals surface area contributed by atoms with E-state index in [-0.39, 0.29) is 22.8 Å². The first-order chi connectivity index (χ1) is 15.0. The number of hydrogen-bond acceptors (Lipinski definition) is 5. The number of aromatic nitrogens is 3. The van der Waals surface area contributed by atoms with Gasteiger partial charge in [0.1, 0.15) is 5.82 Å². The molecule has 1 amide bonds. The number of carbonyl (C=O) groups excluding carboxylic acids is 1. The number of amides is 1. The SMILES string of the molecule is N#Cc1ccc2nn(CC34CC(C(=O)N5N=CCC5c5cncc(F)c5)(C3)C4)cc2c1. The summed E-state index contributed by atoms with van der Waals surface area (Å²) in [6.07, 6.45) is 9.49. The number of fused-ring (bicyclic) bond motifs is 1. The minimum Gasteiger partial charge on any atom is -0.272 e. The molecule has 2 bridgehead atoms. The van der Waals surface area contributed by atoms with Crippen molar-refractivity contribution in [2.75, 3.05) is 0 Å². The molecule has 0 N–H and O–H groups in total. The van der Waals surface area contributed by atoms with E-state index in [1.54, 1.807) is 18.5 Å². The first kappa shape index (κ1) is 18.2. The van der Waals surface area contributed by atoms with Crippen LogP contribution < -0.4 is 0 Å². The minimum absolute atomic E-state index is 0.0293. The molecule has 1 aliphatic heterocycles. The first-order valence-electron chi connectivity index (χ1n) is 10.3. The number of nitrogens with zero attached hydrogens (tertiary/aromatic N) is 6. The monoisotopic (exact) mass is 414 g/mol. The largest absolute Gasteiger partial charge is 0.272 e. The van der Waals surface area contributed by atoms with Crippen LogP contribution in [0.5, 0.6) is 0 Å². The molecule has 1 aromatic carbocycles. The normalized spacial score (nSPS) is 28.3. The van der Waals surface area contributed by atoms with E-state index >= 15 is 0 Å². The molecule has 0 radical (unpaired) electrons. The first-order valence-corrected chi connectivity index (χ1v) is 10.3. The van der Waals surface area contributed by atoms with E-state index in [9.17, 15) is 9.18 Å². The molecule has 7 rings (SSSR count). The zero-order valence-electron chi connectivity index (χ0n) is 16.7. The lowest BCUT2D eigenvalue weighted by Gasteiger charge is -2.69. The van der Waals surface area contributed by atoms with Gasteiger partial charge in [0.25, 0.3) is 0 Å². The predicted molar refractivity (Wildman–Crippen MR) is 110 cm³/mol. The molecule has 3 saturated carbocycles. The molecule has 7 nitrogen and oxygen atoms in total. The summed E-state index contributed by atoms with van der Waals surface area (Å²) in [5.74, 6) is -0.378. The number of hydrazone groups is 1. The third kappa shape index (κ3) is 2.69. The maximum absolute atomic E-state index is 13.6. The summed E-state index contributed by atoms with van der Waals surface area (Å²) in [7, 11) is 0. The van der Waals surface area contributed by atoms with Crippen LogP contribution in [0, 0.1) is 28.0 Å². The Labute approximate surface area is 177 Å². The van der Waals surface area contributed by atoms with Crippen molar-refractivity contribution >= 4 is 23.0 Å². The summed E-state index contributed by atoms with van der Waals surface area (Å²) < 4.78 is 15.6. The second kappa shape index (κ2) is 6.20. The van der Waals surface area contributed by atoms with Crippen LogP contribution in [-0.2, 0) is 11.3 Å². The molecule has 2 aromatic heterocycles. The van der Waals surface area contributed by atoms with Crippen molar-refractivity contribution in [1.29, 1.82) is 5.26 Å². The van der Waals surface area contributed by atoms with Crippen molar-refractivity contribution in [1.82, 2.24) is 19.8 Å². The Hall–Kier alpha value is -3.60. The van der Waals surface area contributed by atoms with Gasteiger partial charge in [0.15, 0.2) is 0 Å². The zero-order valence-corrected chi connectivity index (χ0v) is 16.7. The smallest absolute Gasteiger partial charge is 0.249 e. The Bertz CT molecular complexity index is 1290. The van der Waals surface area contributed by atoms with Crippen LogP contribution in [-0.4, -0.2) is 31.9 Å². The standard InChI is InChI=1S/C23H19FN6O/c24-18-6-16(8-26-9-18)20-3-4-27-30(20)21(31)23-11-22(12-23,13-23)14-29-10-17-5-15(7-25)1-2-19(17)28-29/h1-2,4-6,8-10,20H,3,11-14H2. The number of carbonyl (C=O) groups is 1. The van der Waals surface area contributed by atoms with Crippen LogP contribution in [0.4, 0.5) is 4.39 Å². The quantitative estimate of drug-likeness (QED) is 0.653. The molecule has 154 valence electrons. The van der Waals surface area contributed by atoms with Crippen molar-refractivity contribution in [3.63, 3.8) is 0 Å². The number of nitriles is 1.